The zero-order valence-electron chi connectivity index (χ0n) is 26.5. The summed E-state index contributed by atoms with van der Waals surface area (Å²) in [5.74, 6) is 0. The third kappa shape index (κ3) is 4.62. The molecule has 10 rings (SSSR count). The second kappa shape index (κ2) is 11.2. The molecule has 230 valence electrons. The average Bonchev–Trinajstić information content (AvgIpc) is 3.73. The molecule has 0 bridgehead atoms. The summed E-state index contributed by atoms with van der Waals surface area (Å²) < 4.78 is 9.20. The van der Waals surface area contributed by atoms with Crippen molar-refractivity contribution in [3.63, 3.8) is 0 Å². The lowest BCUT2D eigenvalue weighted by molar-refractivity contribution is 0.669. The van der Waals surface area contributed by atoms with Crippen molar-refractivity contribution in [1.29, 1.82) is 0 Å². The second-order valence-electron chi connectivity index (χ2n) is 12.5. The summed E-state index contributed by atoms with van der Waals surface area (Å²) in [5.41, 5.74) is 9.76. The van der Waals surface area contributed by atoms with Gasteiger partial charge in [0.2, 0.25) is 0 Å². The van der Waals surface area contributed by atoms with Crippen molar-refractivity contribution in [2.75, 3.05) is 4.90 Å². The van der Waals surface area contributed by atoms with E-state index in [1.165, 1.54) is 53.2 Å². The van der Waals surface area contributed by atoms with E-state index in [0.29, 0.717) is 0 Å². The smallest absolute Gasteiger partial charge is 0.159 e. The Labute approximate surface area is 287 Å². The van der Waals surface area contributed by atoms with Crippen LogP contribution in [0, 0.1) is 0 Å². The number of hydrogen-bond acceptors (Lipinski definition) is 3. The van der Waals surface area contributed by atoms with Crippen molar-refractivity contribution in [3.05, 3.63) is 176 Å². The zero-order valence-corrected chi connectivity index (χ0v) is 27.3. The van der Waals surface area contributed by atoms with Gasteiger partial charge in [0, 0.05) is 42.3 Å². The SMILES string of the molecule is c1ccc(-c2ccc(N(c3ccc(-c4cccc5c4sc4cc6ccccc6cc45)cc3)c3cccc4c3oc3ccccc34)cc2)cc1. The Morgan fingerprint density at radius 3 is 1.84 bits per heavy atom. The average molecular weight is 644 g/mol. The van der Waals surface area contributed by atoms with Crippen LogP contribution in [0.4, 0.5) is 17.1 Å². The largest absolute Gasteiger partial charge is 0.454 e. The zero-order chi connectivity index (χ0) is 32.3. The van der Waals surface area contributed by atoms with Crippen LogP contribution in [0.2, 0.25) is 0 Å². The van der Waals surface area contributed by atoms with E-state index in [4.69, 9.17) is 4.42 Å². The maximum absolute atomic E-state index is 6.56. The molecule has 0 aliphatic rings. The molecule has 0 amide bonds. The highest BCUT2D eigenvalue weighted by molar-refractivity contribution is 7.26. The van der Waals surface area contributed by atoms with E-state index in [1.807, 2.05) is 23.5 Å². The predicted molar refractivity (Wildman–Crippen MR) is 210 cm³/mol. The fraction of sp³-hybridized carbons (Fsp3) is 0. The van der Waals surface area contributed by atoms with Crippen LogP contribution in [0.15, 0.2) is 180 Å². The Balaban J connectivity index is 1.11. The van der Waals surface area contributed by atoms with Gasteiger partial charge in [0.1, 0.15) is 5.58 Å². The maximum atomic E-state index is 6.56. The van der Waals surface area contributed by atoms with Gasteiger partial charge in [-0.3, -0.25) is 0 Å². The van der Waals surface area contributed by atoms with Gasteiger partial charge >= 0.3 is 0 Å². The standard InChI is InChI=1S/C46H29NOS/c1-2-10-30(11-3-1)31-20-24-35(25-21-31)47(42-18-9-16-39-38-14-6-7-19-43(38)48-45(39)42)36-26-22-32(23-27-36)37-15-8-17-40-41-28-33-12-4-5-13-34(33)29-44(41)49-46(37)40/h1-29H. The first-order valence-electron chi connectivity index (χ1n) is 16.6. The van der Waals surface area contributed by atoms with Gasteiger partial charge in [-0.05, 0) is 81.6 Å². The monoisotopic (exact) mass is 643 g/mol. The summed E-state index contributed by atoms with van der Waals surface area (Å²) >= 11 is 1.88. The summed E-state index contributed by atoms with van der Waals surface area (Å²) in [6, 6.07) is 63.1. The molecule has 2 heterocycles. The van der Waals surface area contributed by atoms with Gasteiger partial charge in [0.15, 0.2) is 5.58 Å². The Hall–Kier alpha value is -6.16. The van der Waals surface area contributed by atoms with E-state index in [9.17, 15) is 0 Å². The summed E-state index contributed by atoms with van der Waals surface area (Å²) in [5, 5.41) is 7.42. The normalized spacial score (nSPS) is 11.7. The van der Waals surface area contributed by atoms with Crippen LogP contribution in [-0.2, 0) is 0 Å². The fourth-order valence-electron chi connectivity index (χ4n) is 7.27. The number of hydrogen-bond donors (Lipinski definition) is 0. The Bertz CT molecular complexity index is 2810. The van der Waals surface area contributed by atoms with E-state index in [2.05, 4.69) is 169 Å². The molecule has 0 aliphatic heterocycles. The molecular weight excluding hydrogens is 615 g/mol. The number of thiophene rings is 1. The molecule has 0 radical (unpaired) electrons. The number of furan rings is 1. The highest BCUT2D eigenvalue weighted by atomic mass is 32.1. The van der Waals surface area contributed by atoms with Gasteiger partial charge in [-0.2, -0.15) is 0 Å². The molecule has 49 heavy (non-hydrogen) atoms. The van der Waals surface area contributed by atoms with Gasteiger partial charge in [-0.15, -0.1) is 11.3 Å². The molecule has 10 aromatic rings. The molecule has 0 saturated carbocycles. The van der Waals surface area contributed by atoms with E-state index in [1.54, 1.807) is 0 Å². The molecule has 0 saturated heterocycles. The quantitative estimate of drug-likeness (QED) is 0.186. The third-order valence-electron chi connectivity index (χ3n) is 9.66. The van der Waals surface area contributed by atoms with Crippen molar-refractivity contribution in [2.24, 2.45) is 0 Å². The summed E-state index contributed by atoms with van der Waals surface area (Å²) in [4.78, 5) is 2.31. The van der Waals surface area contributed by atoms with Crippen LogP contribution in [0.25, 0.3) is 75.1 Å². The first-order valence-corrected chi connectivity index (χ1v) is 17.4. The lowest BCUT2D eigenvalue weighted by Crippen LogP contribution is -2.10. The molecule has 0 atom stereocenters. The molecule has 3 heteroatoms. The minimum Gasteiger partial charge on any atom is -0.454 e. The molecule has 0 aliphatic carbocycles. The molecule has 2 nitrogen and oxygen atoms in total. The van der Waals surface area contributed by atoms with Crippen LogP contribution in [0.5, 0.6) is 0 Å². The number of benzene rings is 8. The van der Waals surface area contributed by atoms with Crippen LogP contribution < -0.4 is 4.90 Å². The summed E-state index contributed by atoms with van der Waals surface area (Å²) in [6.45, 7) is 0. The van der Waals surface area contributed by atoms with Gasteiger partial charge in [-0.25, -0.2) is 0 Å². The minimum absolute atomic E-state index is 0.877. The van der Waals surface area contributed by atoms with Crippen molar-refractivity contribution in [3.8, 4) is 22.3 Å². The summed E-state index contributed by atoms with van der Waals surface area (Å²) in [7, 11) is 0. The number of rotatable bonds is 5. The maximum Gasteiger partial charge on any atom is 0.159 e. The number of para-hydroxylation sites is 2. The first-order chi connectivity index (χ1) is 24.3. The Kier molecular flexibility index (Phi) is 6.39. The third-order valence-corrected chi connectivity index (χ3v) is 10.9. The molecular formula is C46H29NOS. The highest BCUT2D eigenvalue weighted by Gasteiger charge is 2.20. The molecule has 8 aromatic carbocycles. The van der Waals surface area contributed by atoms with Crippen molar-refractivity contribution in [1.82, 2.24) is 0 Å². The van der Waals surface area contributed by atoms with Gasteiger partial charge < -0.3 is 9.32 Å². The molecule has 0 spiro atoms. The minimum atomic E-state index is 0.877. The molecule has 2 aromatic heterocycles. The van der Waals surface area contributed by atoms with E-state index >= 15 is 0 Å². The lowest BCUT2D eigenvalue weighted by Gasteiger charge is -2.26. The number of fused-ring (bicyclic) bond motifs is 7. The fourth-order valence-corrected chi connectivity index (χ4v) is 8.54. The van der Waals surface area contributed by atoms with Crippen LogP contribution in [0.1, 0.15) is 0 Å². The van der Waals surface area contributed by atoms with Crippen LogP contribution >= 0.6 is 11.3 Å². The highest BCUT2D eigenvalue weighted by Crippen LogP contribution is 2.45. The van der Waals surface area contributed by atoms with Crippen LogP contribution in [-0.4, -0.2) is 0 Å². The second-order valence-corrected chi connectivity index (χ2v) is 13.6. The van der Waals surface area contributed by atoms with E-state index in [0.717, 1.165) is 39.0 Å². The molecule has 0 N–H and O–H groups in total. The number of anilines is 3. The molecule has 0 unspecified atom stereocenters. The van der Waals surface area contributed by atoms with E-state index < -0.39 is 0 Å². The number of nitrogens with zero attached hydrogens (tertiary/aromatic N) is 1. The first kappa shape index (κ1) is 27.9. The topological polar surface area (TPSA) is 16.4 Å². The van der Waals surface area contributed by atoms with Crippen molar-refractivity contribution in [2.45, 2.75) is 0 Å². The van der Waals surface area contributed by atoms with Crippen molar-refractivity contribution >= 4 is 81.3 Å². The Morgan fingerprint density at radius 2 is 1.04 bits per heavy atom. The Morgan fingerprint density at radius 1 is 0.429 bits per heavy atom. The van der Waals surface area contributed by atoms with Gasteiger partial charge in [-0.1, -0.05) is 127 Å². The summed E-state index contributed by atoms with van der Waals surface area (Å²) in [6.07, 6.45) is 0. The van der Waals surface area contributed by atoms with Gasteiger partial charge in [0.25, 0.3) is 0 Å². The van der Waals surface area contributed by atoms with Crippen molar-refractivity contribution < 1.29 is 4.42 Å². The predicted octanol–water partition coefficient (Wildman–Crippen LogP) is 13.9. The molecule has 0 fully saturated rings. The van der Waals surface area contributed by atoms with E-state index in [-0.39, 0.29) is 0 Å². The van der Waals surface area contributed by atoms with Crippen LogP contribution in [0.3, 0.4) is 0 Å². The lowest BCUT2D eigenvalue weighted by atomic mass is 10.0. The van der Waals surface area contributed by atoms with Gasteiger partial charge in [0.05, 0.1) is 5.69 Å².